The quantitative estimate of drug-likeness (QED) is 0.175. The van der Waals surface area contributed by atoms with Crippen LogP contribution in [0.15, 0.2) is 0 Å². The van der Waals surface area contributed by atoms with Crippen LogP contribution in [0.3, 0.4) is 0 Å². The summed E-state index contributed by atoms with van der Waals surface area (Å²) in [5.41, 5.74) is 0.732. The maximum Gasteiger partial charge on any atom is 0.469 e. The summed E-state index contributed by atoms with van der Waals surface area (Å²) in [6.45, 7) is 13.4. The predicted octanol–water partition coefficient (Wildman–Crippen LogP) is 6.87. The first-order valence-electron chi connectivity index (χ1n) is 11.3. The Morgan fingerprint density at radius 1 is 0.679 bits per heavy atom. The molecule has 0 atom stereocenters. The van der Waals surface area contributed by atoms with Crippen molar-refractivity contribution in [3.05, 3.63) is 0 Å². The van der Waals surface area contributed by atoms with E-state index in [1.54, 1.807) is 0 Å². The van der Waals surface area contributed by atoms with E-state index in [1.165, 1.54) is 32.1 Å². The molecule has 0 rings (SSSR count). The van der Waals surface area contributed by atoms with E-state index >= 15 is 0 Å². The van der Waals surface area contributed by atoms with Gasteiger partial charge in [-0.2, -0.15) is 0 Å². The summed E-state index contributed by atoms with van der Waals surface area (Å²) in [6.07, 6.45) is 13.8. The minimum Gasteiger partial charge on any atom is -0.381 e. The number of unbranched alkanes of at least 4 members (excludes halogenated alkanes) is 4. The molecule has 0 aromatic heterocycles. The Balaban J connectivity index is 3.54. The molecule has 0 amide bonds. The van der Waals surface area contributed by atoms with E-state index in [0.717, 1.165) is 51.7 Å². The molecule has 0 bridgehead atoms. The van der Waals surface area contributed by atoms with E-state index in [2.05, 4.69) is 39.1 Å². The van der Waals surface area contributed by atoms with Gasteiger partial charge in [-0.3, -0.25) is 4.52 Å². The van der Waals surface area contributed by atoms with Gasteiger partial charge >= 0.3 is 7.82 Å². The number of hydrogen-bond donors (Lipinski definition) is 2. The van der Waals surface area contributed by atoms with Crippen LogP contribution in [-0.4, -0.2) is 29.6 Å². The maximum atomic E-state index is 10.6. The largest absolute Gasteiger partial charge is 0.469 e. The van der Waals surface area contributed by atoms with E-state index in [4.69, 9.17) is 14.5 Å². The van der Waals surface area contributed by atoms with Crippen molar-refractivity contribution in [2.75, 3.05) is 19.8 Å². The van der Waals surface area contributed by atoms with Crippen molar-refractivity contribution < 1.29 is 23.6 Å². The second kappa shape index (κ2) is 15.0. The van der Waals surface area contributed by atoms with Crippen LogP contribution in [-0.2, 0) is 13.8 Å². The van der Waals surface area contributed by atoms with Gasteiger partial charge in [-0.05, 0) is 55.8 Å². The fourth-order valence-electron chi connectivity index (χ4n) is 3.51. The highest BCUT2D eigenvalue weighted by atomic mass is 31.2. The number of phosphoric ester groups is 1. The Labute approximate surface area is 174 Å². The van der Waals surface area contributed by atoms with Gasteiger partial charge in [0.05, 0.1) is 6.61 Å². The molecule has 0 unspecified atom stereocenters. The first-order valence-corrected chi connectivity index (χ1v) is 12.8. The van der Waals surface area contributed by atoms with E-state index in [9.17, 15) is 4.57 Å². The summed E-state index contributed by atoms with van der Waals surface area (Å²) in [5.74, 6) is 0. The number of phosphoric acid groups is 1. The highest BCUT2D eigenvalue weighted by Crippen LogP contribution is 2.36. The highest BCUT2D eigenvalue weighted by Gasteiger charge is 2.18. The van der Waals surface area contributed by atoms with Crippen molar-refractivity contribution in [2.24, 2.45) is 10.8 Å². The Morgan fingerprint density at radius 3 is 1.46 bits per heavy atom. The van der Waals surface area contributed by atoms with Crippen molar-refractivity contribution in [1.82, 2.24) is 0 Å². The third-order valence-electron chi connectivity index (χ3n) is 5.50. The fourth-order valence-corrected chi connectivity index (χ4v) is 3.88. The molecule has 0 aromatic carbocycles. The molecule has 28 heavy (non-hydrogen) atoms. The average Bonchev–Trinajstić information content (AvgIpc) is 2.57. The van der Waals surface area contributed by atoms with Gasteiger partial charge in [-0.1, -0.05) is 66.7 Å². The van der Waals surface area contributed by atoms with Crippen LogP contribution in [0.2, 0.25) is 0 Å². The smallest absolute Gasteiger partial charge is 0.381 e. The first-order chi connectivity index (χ1) is 13.0. The van der Waals surface area contributed by atoms with Crippen LogP contribution < -0.4 is 0 Å². The standard InChI is InChI=1S/C22H47O5P/c1-6-7-14-21(2,3)15-8-11-18-26-19-12-9-16-22(4,5)17-10-13-20-27-28(23,24)25/h6-20H2,1-5H3,(H2,23,24,25). The lowest BCUT2D eigenvalue weighted by molar-refractivity contribution is 0.119. The van der Waals surface area contributed by atoms with Crippen LogP contribution in [0, 0.1) is 10.8 Å². The molecular weight excluding hydrogens is 375 g/mol. The molecular formula is C22H47O5P. The summed E-state index contributed by atoms with van der Waals surface area (Å²) in [4.78, 5) is 17.3. The molecule has 0 aliphatic carbocycles. The monoisotopic (exact) mass is 422 g/mol. The van der Waals surface area contributed by atoms with Gasteiger partial charge in [0.2, 0.25) is 0 Å². The molecule has 5 nitrogen and oxygen atoms in total. The summed E-state index contributed by atoms with van der Waals surface area (Å²) >= 11 is 0. The normalized spacial score (nSPS) is 13.2. The minimum atomic E-state index is -4.31. The molecule has 0 heterocycles. The first kappa shape index (κ1) is 28.1. The lowest BCUT2D eigenvalue weighted by Gasteiger charge is -2.24. The summed E-state index contributed by atoms with van der Waals surface area (Å²) in [6, 6.07) is 0. The van der Waals surface area contributed by atoms with Crippen molar-refractivity contribution in [2.45, 2.75) is 112 Å². The van der Waals surface area contributed by atoms with Gasteiger partial charge in [0.1, 0.15) is 0 Å². The van der Waals surface area contributed by atoms with Crippen LogP contribution in [0.4, 0.5) is 0 Å². The maximum absolute atomic E-state index is 10.6. The lowest BCUT2D eigenvalue weighted by atomic mass is 9.82. The van der Waals surface area contributed by atoms with Crippen LogP contribution in [0.25, 0.3) is 0 Å². The van der Waals surface area contributed by atoms with Crippen molar-refractivity contribution >= 4 is 7.82 Å². The Bertz CT molecular complexity index is 417. The Hall–Kier alpha value is 0.0700. The lowest BCUT2D eigenvalue weighted by Crippen LogP contribution is -2.12. The number of rotatable bonds is 19. The van der Waals surface area contributed by atoms with E-state index in [1.807, 2.05) is 0 Å². The molecule has 0 fully saturated rings. The third kappa shape index (κ3) is 19.4. The van der Waals surface area contributed by atoms with Crippen molar-refractivity contribution in [1.29, 1.82) is 0 Å². The van der Waals surface area contributed by atoms with Crippen LogP contribution >= 0.6 is 7.82 Å². The minimum absolute atomic E-state index is 0.129. The molecule has 0 radical (unpaired) electrons. The van der Waals surface area contributed by atoms with Gasteiger partial charge in [-0.25, -0.2) is 4.57 Å². The molecule has 2 N–H and O–H groups in total. The fraction of sp³-hybridized carbons (Fsp3) is 1.00. The zero-order chi connectivity index (χ0) is 21.5. The van der Waals surface area contributed by atoms with Crippen LogP contribution in [0.1, 0.15) is 112 Å². The third-order valence-corrected chi connectivity index (χ3v) is 6.02. The number of hydrogen-bond acceptors (Lipinski definition) is 3. The molecule has 0 saturated heterocycles. The van der Waals surface area contributed by atoms with Gasteiger partial charge in [0.15, 0.2) is 0 Å². The zero-order valence-electron chi connectivity index (χ0n) is 19.2. The molecule has 0 aromatic rings. The molecule has 0 aliphatic heterocycles. The Morgan fingerprint density at radius 2 is 1.07 bits per heavy atom. The van der Waals surface area contributed by atoms with E-state index in [0.29, 0.717) is 11.8 Å². The van der Waals surface area contributed by atoms with Gasteiger partial charge < -0.3 is 14.5 Å². The highest BCUT2D eigenvalue weighted by molar-refractivity contribution is 7.46. The second-order valence-electron chi connectivity index (χ2n) is 9.74. The molecule has 6 heteroatoms. The zero-order valence-corrected chi connectivity index (χ0v) is 20.1. The van der Waals surface area contributed by atoms with E-state index < -0.39 is 7.82 Å². The number of ether oxygens (including phenoxy) is 1. The predicted molar refractivity (Wildman–Crippen MR) is 117 cm³/mol. The molecule has 0 spiro atoms. The van der Waals surface area contributed by atoms with Crippen molar-refractivity contribution in [3.8, 4) is 0 Å². The summed E-state index contributed by atoms with van der Waals surface area (Å²) in [7, 11) is -4.31. The summed E-state index contributed by atoms with van der Waals surface area (Å²) < 4.78 is 20.9. The molecule has 0 aliphatic rings. The van der Waals surface area contributed by atoms with Gasteiger partial charge in [0, 0.05) is 13.2 Å². The van der Waals surface area contributed by atoms with Crippen molar-refractivity contribution in [3.63, 3.8) is 0 Å². The molecule has 0 saturated carbocycles. The van der Waals surface area contributed by atoms with Gasteiger partial charge in [0.25, 0.3) is 0 Å². The van der Waals surface area contributed by atoms with Gasteiger partial charge in [-0.15, -0.1) is 0 Å². The van der Waals surface area contributed by atoms with E-state index in [-0.39, 0.29) is 12.0 Å². The van der Waals surface area contributed by atoms with Crippen LogP contribution in [0.5, 0.6) is 0 Å². The SMILES string of the molecule is CCCCC(C)(C)CCCCOCCCCC(C)(C)CCCCOP(=O)(O)O. The molecule has 170 valence electrons. The topological polar surface area (TPSA) is 76.0 Å². The Kier molecular flexibility index (Phi) is 15.0. The summed E-state index contributed by atoms with van der Waals surface area (Å²) in [5, 5.41) is 0. The average molecular weight is 423 g/mol. The second-order valence-corrected chi connectivity index (χ2v) is 11.0.